The first-order chi connectivity index (χ1) is 10.0. The van der Waals surface area contributed by atoms with Gasteiger partial charge in [0.1, 0.15) is 16.8 Å². The molecular weight excluding hydrogens is 305 g/mol. The predicted octanol–water partition coefficient (Wildman–Crippen LogP) is 5.22. The molecule has 1 heterocycles. The predicted molar refractivity (Wildman–Crippen MR) is 89.3 cm³/mol. The largest absolute Gasteiger partial charge is 0.363 e. The second kappa shape index (κ2) is 7.10. The lowest BCUT2D eigenvalue weighted by Gasteiger charge is -2.18. The van der Waals surface area contributed by atoms with E-state index >= 15 is 0 Å². The van der Waals surface area contributed by atoms with E-state index in [1.807, 2.05) is 31.2 Å². The van der Waals surface area contributed by atoms with E-state index in [2.05, 4.69) is 29.1 Å². The molecule has 0 amide bonds. The van der Waals surface area contributed by atoms with Crippen molar-refractivity contribution in [2.75, 3.05) is 5.32 Å². The molecule has 0 saturated carbocycles. The van der Waals surface area contributed by atoms with E-state index in [-0.39, 0.29) is 6.04 Å². The van der Waals surface area contributed by atoms with E-state index in [9.17, 15) is 0 Å². The Labute approximate surface area is 135 Å². The van der Waals surface area contributed by atoms with Crippen molar-refractivity contribution in [2.45, 2.75) is 39.7 Å². The maximum Gasteiger partial charge on any atom is 0.137 e. The summed E-state index contributed by atoms with van der Waals surface area (Å²) in [6, 6.07) is 7.88. The molecule has 21 heavy (non-hydrogen) atoms. The zero-order chi connectivity index (χ0) is 15.4. The number of halogens is 2. The molecule has 1 aromatic carbocycles. The molecule has 1 unspecified atom stereocenters. The zero-order valence-electron chi connectivity index (χ0n) is 12.5. The van der Waals surface area contributed by atoms with Crippen molar-refractivity contribution in [2.24, 2.45) is 0 Å². The van der Waals surface area contributed by atoms with Gasteiger partial charge in [0.05, 0.1) is 6.04 Å². The first kappa shape index (κ1) is 16.1. The standard InChI is InChI=1S/C16H19Cl2N3/c1-4-6-14-20-15(18)10(2)16(21-14)19-11(3)12-7-5-8-13(17)9-12/h5,7-9,11H,4,6H2,1-3H3,(H,19,20,21). The minimum absolute atomic E-state index is 0.0860. The molecule has 2 rings (SSSR count). The van der Waals surface area contributed by atoms with Gasteiger partial charge in [-0.3, -0.25) is 0 Å². The van der Waals surface area contributed by atoms with Gasteiger partial charge in [0.2, 0.25) is 0 Å². The Morgan fingerprint density at radius 2 is 2.00 bits per heavy atom. The third kappa shape index (κ3) is 4.08. The van der Waals surface area contributed by atoms with Crippen molar-refractivity contribution in [3.63, 3.8) is 0 Å². The van der Waals surface area contributed by atoms with Gasteiger partial charge in [0, 0.05) is 17.0 Å². The molecule has 0 spiro atoms. The highest BCUT2D eigenvalue weighted by Crippen LogP contribution is 2.25. The van der Waals surface area contributed by atoms with Crippen LogP contribution in [0.3, 0.4) is 0 Å². The van der Waals surface area contributed by atoms with Gasteiger partial charge in [0.25, 0.3) is 0 Å². The van der Waals surface area contributed by atoms with Gasteiger partial charge in [0.15, 0.2) is 0 Å². The quantitative estimate of drug-likeness (QED) is 0.767. The van der Waals surface area contributed by atoms with Crippen LogP contribution in [-0.2, 0) is 6.42 Å². The van der Waals surface area contributed by atoms with Crippen molar-refractivity contribution in [1.82, 2.24) is 9.97 Å². The van der Waals surface area contributed by atoms with E-state index in [0.29, 0.717) is 5.15 Å². The normalized spacial score (nSPS) is 12.2. The Morgan fingerprint density at radius 1 is 1.24 bits per heavy atom. The first-order valence-electron chi connectivity index (χ1n) is 7.06. The first-order valence-corrected chi connectivity index (χ1v) is 7.82. The highest BCUT2D eigenvalue weighted by molar-refractivity contribution is 6.30. The topological polar surface area (TPSA) is 37.8 Å². The molecule has 3 nitrogen and oxygen atoms in total. The Hall–Kier alpha value is -1.32. The summed E-state index contributed by atoms with van der Waals surface area (Å²) in [5.41, 5.74) is 1.97. The Balaban J connectivity index is 2.26. The number of anilines is 1. The molecule has 0 saturated heterocycles. The van der Waals surface area contributed by atoms with Crippen LogP contribution in [0.15, 0.2) is 24.3 Å². The molecule has 5 heteroatoms. The molecule has 0 radical (unpaired) electrons. The molecule has 112 valence electrons. The maximum atomic E-state index is 6.20. The van der Waals surface area contributed by atoms with Crippen molar-refractivity contribution in [3.05, 3.63) is 51.4 Å². The summed E-state index contributed by atoms with van der Waals surface area (Å²) < 4.78 is 0. The lowest BCUT2D eigenvalue weighted by atomic mass is 10.1. The number of aryl methyl sites for hydroxylation is 1. The second-order valence-electron chi connectivity index (χ2n) is 5.08. The minimum atomic E-state index is 0.0860. The molecule has 1 aromatic heterocycles. The third-order valence-electron chi connectivity index (χ3n) is 3.31. The van der Waals surface area contributed by atoms with E-state index in [1.54, 1.807) is 0 Å². The summed E-state index contributed by atoms with van der Waals surface area (Å²) >= 11 is 12.2. The molecule has 0 aliphatic carbocycles. The number of nitrogens with one attached hydrogen (secondary N) is 1. The van der Waals surface area contributed by atoms with Crippen molar-refractivity contribution in [3.8, 4) is 0 Å². The Morgan fingerprint density at radius 3 is 2.67 bits per heavy atom. The van der Waals surface area contributed by atoms with Gasteiger partial charge in [-0.1, -0.05) is 42.3 Å². The van der Waals surface area contributed by atoms with Gasteiger partial charge >= 0.3 is 0 Å². The van der Waals surface area contributed by atoms with Crippen molar-refractivity contribution < 1.29 is 0 Å². The highest BCUT2D eigenvalue weighted by Gasteiger charge is 2.12. The summed E-state index contributed by atoms with van der Waals surface area (Å²) in [4.78, 5) is 8.88. The average molecular weight is 324 g/mol. The van der Waals surface area contributed by atoms with E-state index < -0.39 is 0 Å². The number of hydrogen-bond donors (Lipinski definition) is 1. The summed E-state index contributed by atoms with van der Waals surface area (Å²) in [6.07, 6.45) is 1.81. The summed E-state index contributed by atoms with van der Waals surface area (Å²) in [7, 11) is 0. The zero-order valence-corrected chi connectivity index (χ0v) is 14.0. The van der Waals surface area contributed by atoms with Crippen LogP contribution in [0.25, 0.3) is 0 Å². The minimum Gasteiger partial charge on any atom is -0.363 e. The van der Waals surface area contributed by atoms with Crippen LogP contribution in [0, 0.1) is 6.92 Å². The Kier molecular flexibility index (Phi) is 5.43. The summed E-state index contributed by atoms with van der Waals surface area (Å²) in [5, 5.41) is 4.63. The van der Waals surface area contributed by atoms with Gasteiger partial charge < -0.3 is 5.32 Å². The van der Waals surface area contributed by atoms with Crippen LogP contribution in [0.2, 0.25) is 10.2 Å². The molecule has 0 bridgehead atoms. The van der Waals surface area contributed by atoms with Gasteiger partial charge in [-0.25, -0.2) is 9.97 Å². The van der Waals surface area contributed by atoms with Crippen LogP contribution in [0.5, 0.6) is 0 Å². The fraction of sp³-hybridized carbons (Fsp3) is 0.375. The lowest BCUT2D eigenvalue weighted by molar-refractivity contribution is 0.814. The number of benzene rings is 1. The van der Waals surface area contributed by atoms with E-state index in [0.717, 1.165) is 40.6 Å². The van der Waals surface area contributed by atoms with Crippen molar-refractivity contribution >= 4 is 29.0 Å². The van der Waals surface area contributed by atoms with Crippen LogP contribution < -0.4 is 5.32 Å². The van der Waals surface area contributed by atoms with Gasteiger partial charge in [-0.05, 0) is 38.0 Å². The SMILES string of the molecule is CCCc1nc(Cl)c(C)c(NC(C)c2cccc(Cl)c2)n1. The number of aromatic nitrogens is 2. The molecule has 1 N–H and O–H groups in total. The van der Waals surface area contributed by atoms with Crippen LogP contribution >= 0.6 is 23.2 Å². The number of hydrogen-bond acceptors (Lipinski definition) is 3. The third-order valence-corrected chi connectivity index (χ3v) is 3.91. The molecule has 0 fully saturated rings. The van der Waals surface area contributed by atoms with Crippen molar-refractivity contribution in [1.29, 1.82) is 0 Å². The number of rotatable bonds is 5. The van der Waals surface area contributed by atoms with Gasteiger partial charge in [-0.15, -0.1) is 0 Å². The molecule has 0 aliphatic rings. The lowest BCUT2D eigenvalue weighted by Crippen LogP contribution is -2.11. The fourth-order valence-electron chi connectivity index (χ4n) is 2.07. The molecular formula is C16H19Cl2N3. The molecule has 2 aromatic rings. The highest BCUT2D eigenvalue weighted by atomic mass is 35.5. The number of nitrogens with zero attached hydrogens (tertiary/aromatic N) is 2. The van der Waals surface area contributed by atoms with Crippen LogP contribution in [-0.4, -0.2) is 9.97 Å². The second-order valence-corrected chi connectivity index (χ2v) is 5.87. The van der Waals surface area contributed by atoms with Crippen LogP contribution in [0.4, 0.5) is 5.82 Å². The average Bonchev–Trinajstić information content (AvgIpc) is 2.44. The van der Waals surface area contributed by atoms with Crippen LogP contribution in [0.1, 0.15) is 43.3 Å². The van der Waals surface area contributed by atoms with Gasteiger partial charge in [-0.2, -0.15) is 0 Å². The molecule has 1 atom stereocenters. The monoisotopic (exact) mass is 323 g/mol. The fourth-order valence-corrected chi connectivity index (χ4v) is 2.46. The maximum absolute atomic E-state index is 6.20. The molecule has 0 aliphatic heterocycles. The summed E-state index contributed by atoms with van der Waals surface area (Å²) in [5.74, 6) is 1.56. The Bertz CT molecular complexity index is 629. The summed E-state index contributed by atoms with van der Waals surface area (Å²) in [6.45, 7) is 6.09. The smallest absolute Gasteiger partial charge is 0.137 e. The van der Waals surface area contributed by atoms with E-state index in [1.165, 1.54) is 0 Å². The van der Waals surface area contributed by atoms with E-state index in [4.69, 9.17) is 23.2 Å².